The van der Waals surface area contributed by atoms with Crippen LogP contribution in [0.3, 0.4) is 0 Å². The molecule has 0 spiro atoms. The number of para-hydroxylation sites is 1. The highest BCUT2D eigenvalue weighted by molar-refractivity contribution is 6.09. The molecule has 0 bridgehead atoms. The summed E-state index contributed by atoms with van der Waals surface area (Å²) < 4.78 is 0. The fourth-order valence-electron chi connectivity index (χ4n) is 3.45. The number of hydrogen-bond acceptors (Lipinski definition) is 3. The Morgan fingerprint density at radius 1 is 1.03 bits per heavy atom. The summed E-state index contributed by atoms with van der Waals surface area (Å²) in [4.78, 5) is 14.5. The minimum absolute atomic E-state index is 0.0735. The van der Waals surface area contributed by atoms with E-state index in [0.717, 1.165) is 28.8 Å². The van der Waals surface area contributed by atoms with Crippen LogP contribution in [0.2, 0.25) is 0 Å². The maximum atomic E-state index is 13.0. The molecule has 29 heavy (non-hydrogen) atoms. The van der Waals surface area contributed by atoms with Gasteiger partial charge in [-0.1, -0.05) is 49.4 Å². The number of H-pyrrole nitrogens is 1. The van der Waals surface area contributed by atoms with E-state index < -0.39 is 0 Å². The zero-order valence-corrected chi connectivity index (χ0v) is 16.5. The molecule has 0 saturated heterocycles. The summed E-state index contributed by atoms with van der Waals surface area (Å²) in [6, 6.07) is 21.1. The number of carbonyl (C=O) groups excluding carboxylic acids is 1. The Morgan fingerprint density at radius 3 is 2.41 bits per heavy atom. The molecule has 1 amide bonds. The van der Waals surface area contributed by atoms with E-state index in [1.807, 2.05) is 30.3 Å². The zero-order chi connectivity index (χ0) is 20.4. The number of aromatic amines is 1. The van der Waals surface area contributed by atoms with Crippen molar-refractivity contribution in [2.45, 2.75) is 19.8 Å². The molecule has 0 unspecified atom stereocenters. The Labute approximate surface area is 169 Å². The summed E-state index contributed by atoms with van der Waals surface area (Å²) in [5.41, 5.74) is 5.04. The van der Waals surface area contributed by atoms with Gasteiger partial charge in [-0.15, -0.1) is 0 Å². The SMILES string of the molecule is CCc1ccc(Cc2[nH]nc3cc(O)c(C(=O)N(C)c4ccccc4)cc23)cc1. The molecule has 5 nitrogen and oxygen atoms in total. The molecule has 4 rings (SSSR count). The van der Waals surface area contributed by atoms with Crippen molar-refractivity contribution in [3.8, 4) is 5.75 Å². The minimum atomic E-state index is -0.268. The second kappa shape index (κ2) is 7.80. The van der Waals surface area contributed by atoms with Gasteiger partial charge in [-0.25, -0.2) is 0 Å². The summed E-state index contributed by atoms with van der Waals surface area (Å²) in [5, 5.41) is 18.6. The highest BCUT2D eigenvalue weighted by Crippen LogP contribution is 2.29. The number of aryl methyl sites for hydroxylation is 1. The molecule has 146 valence electrons. The molecular weight excluding hydrogens is 362 g/mol. The van der Waals surface area contributed by atoms with E-state index in [-0.39, 0.29) is 17.2 Å². The van der Waals surface area contributed by atoms with Crippen molar-refractivity contribution in [1.29, 1.82) is 0 Å². The van der Waals surface area contributed by atoms with Gasteiger partial charge < -0.3 is 10.0 Å². The second-order valence-corrected chi connectivity index (χ2v) is 7.14. The van der Waals surface area contributed by atoms with Crippen molar-refractivity contribution in [2.24, 2.45) is 0 Å². The summed E-state index contributed by atoms with van der Waals surface area (Å²) >= 11 is 0. The maximum absolute atomic E-state index is 13.0. The van der Waals surface area contributed by atoms with Crippen LogP contribution < -0.4 is 4.90 Å². The Hall–Kier alpha value is -3.60. The summed E-state index contributed by atoms with van der Waals surface area (Å²) in [6.07, 6.45) is 1.68. The van der Waals surface area contributed by atoms with Crippen LogP contribution in [0, 0.1) is 0 Å². The standard InChI is InChI=1S/C24H23N3O2/c1-3-16-9-11-17(12-10-16)13-21-19-14-20(23(28)15-22(19)26-25-21)24(29)27(2)18-7-5-4-6-8-18/h4-12,14-15,28H,3,13H2,1-2H3,(H,25,26). The smallest absolute Gasteiger partial charge is 0.261 e. The van der Waals surface area contributed by atoms with Crippen LogP contribution in [0.1, 0.15) is 34.1 Å². The number of hydrogen-bond donors (Lipinski definition) is 2. The van der Waals surface area contributed by atoms with E-state index >= 15 is 0 Å². The normalized spacial score (nSPS) is 11.0. The number of rotatable bonds is 5. The average Bonchev–Trinajstić information content (AvgIpc) is 3.14. The van der Waals surface area contributed by atoms with E-state index in [4.69, 9.17) is 0 Å². The van der Waals surface area contributed by atoms with Gasteiger partial charge in [0.2, 0.25) is 0 Å². The number of nitrogens with zero attached hydrogens (tertiary/aromatic N) is 2. The molecule has 0 aliphatic rings. The quantitative estimate of drug-likeness (QED) is 0.523. The highest BCUT2D eigenvalue weighted by atomic mass is 16.3. The minimum Gasteiger partial charge on any atom is -0.507 e. The monoisotopic (exact) mass is 385 g/mol. The Morgan fingerprint density at radius 2 is 1.72 bits per heavy atom. The molecule has 1 heterocycles. The first-order chi connectivity index (χ1) is 14.1. The lowest BCUT2D eigenvalue weighted by atomic mass is 10.0. The number of aromatic nitrogens is 2. The first-order valence-corrected chi connectivity index (χ1v) is 9.67. The van der Waals surface area contributed by atoms with Gasteiger partial charge in [0.25, 0.3) is 5.91 Å². The third-order valence-corrected chi connectivity index (χ3v) is 5.24. The molecule has 0 aliphatic carbocycles. The summed E-state index contributed by atoms with van der Waals surface area (Å²) in [6.45, 7) is 2.13. The first kappa shape index (κ1) is 18.7. The molecule has 3 aromatic carbocycles. The fourth-order valence-corrected chi connectivity index (χ4v) is 3.45. The Bertz CT molecular complexity index is 1150. The van der Waals surface area contributed by atoms with Gasteiger partial charge in [0.05, 0.1) is 11.1 Å². The van der Waals surface area contributed by atoms with Crippen molar-refractivity contribution < 1.29 is 9.90 Å². The van der Waals surface area contributed by atoms with E-state index in [1.54, 1.807) is 19.2 Å². The largest absolute Gasteiger partial charge is 0.507 e. The number of phenolic OH excluding ortho intramolecular Hbond substituents is 1. The van der Waals surface area contributed by atoms with Crippen LogP contribution in [0.5, 0.6) is 5.75 Å². The highest BCUT2D eigenvalue weighted by Gasteiger charge is 2.20. The number of amides is 1. The molecule has 5 heteroatoms. The van der Waals surface area contributed by atoms with Gasteiger partial charge in [-0.2, -0.15) is 5.10 Å². The van der Waals surface area contributed by atoms with Gasteiger partial charge in [0.15, 0.2) is 0 Å². The fraction of sp³-hybridized carbons (Fsp3) is 0.167. The number of fused-ring (bicyclic) bond motifs is 1. The van der Waals surface area contributed by atoms with Crippen LogP contribution in [0.4, 0.5) is 5.69 Å². The maximum Gasteiger partial charge on any atom is 0.261 e. The summed E-state index contributed by atoms with van der Waals surface area (Å²) in [7, 11) is 1.70. The molecule has 0 aliphatic heterocycles. The lowest BCUT2D eigenvalue weighted by Crippen LogP contribution is -2.26. The molecule has 4 aromatic rings. The van der Waals surface area contributed by atoms with E-state index in [2.05, 4.69) is 41.4 Å². The molecule has 0 atom stereocenters. The van der Waals surface area contributed by atoms with Crippen molar-refractivity contribution in [1.82, 2.24) is 10.2 Å². The van der Waals surface area contributed by atoms with Gasteiger partial charge in [-0.3, -0.25) is 9.89 Å². The van der Waals surface area contributed by atoms with E-state index in [1.165, 1.54) is 10.5 Å². The number of phenols is 1. The van der Waals surface area contributed by atoms with Crippen molar-refractivity contribution in [2.75, 3.05) is 11.9 Å². The molecule has 0 fully saturated rings. The third kappa shape index (κ3) is 3.72. The van der Waals surface area contributed by atoms with E-state index in [9.17, 15) is 9.90 Å². The average molecular weight is 385 g/mol. The van der Waals surface area contributed by atoms with Gasteiger partial charge in [0.1, 0.15) is 5.75 Å². The van der Waals surface area contributed by atoms with Gasteiger partial charge in [0, 0.05) is 36.3 Å². The van der Waals surface area contributed by atoms with E-state index in [0.29, 0.717) is 11.9 Å². The predicted molar refractivity (Wildman–Crippen MR) is 116 cm³/mol. The number of nitrogens with one attached hydrogen (secondary N) is 1. The van der Waals surface area contributed by atoms with Crippen molar-refractivity contribution >= 4 is 22.5 Å². The summed E-state index contributed by atoms with van der Waals surface area (Å²) in [5.74, 6) is -0.342. The topological polar surface area (TPSA) is 69.2 Å². The van der Waals surface area contributed by atoms with Crippen molar-refractivity contribution in [3.05, 3.63) is 89.1 Å². The van der Waals surface area contributed by atoms with Crippen LogP contribution >= 0.6 is 0 Å². The van der Waals surface area contributed by atoms with Crippen LogP contribution in [0.15, 0.2) is 66.7 Å². The van der Waals surface area contributed by atoms with Crippen LogP contribution in [-0.4, -0.2) is 28.3 Å². The number of carbonyl (C=O) groups is 1. The Kier molecular flexibility index (Phi) is 5.04. The van der Waals surface area contributed by atoms with Gasteiger partial charge >= 0.3 is 0 Å². The third-order valence-electron chi connectivity index (χ3n) is 5.24. The lowest BCUT2D eigenvalue weighted by molar-refractivity contribution is 0.0990. The zero-order valence-electron chi connectivity index (χ0n) is 16.5. The first-order valence-electron chi connectivity index (χ1n) is 9.67. The molecule has 0 saturated carbocycles. The Balaban J connectivity index is 1.68. The molecule has 1 aromatic heterocycles. The van der Waals surface area contributed by atoms with Crippen LogP contribution in [-0.2, 0) is 12.8 Å². The second-order valence-electron chi connectivity index (χ2n) is 7.14. The van der Waals surface area contributed by atoms with Crippen molar-refractivity contribution in [3.63, 3.8) is 0 Å². The number of anilines is 1. The molecular formula is C24H23N3O2. The van der Waals surface area contributed by atoms with Gasteiger partial charge in [-0.05, 0) is 35.7 Å². The number of benzene rings is 3. The lowest BCUT2D eigenvalue weighted by Gasteiger charge is -2.18. The predicted octanol–water partition coefficient (Wildman–Crippen LogP) is 4.70. The molecule has 2 N–H and O–H groups in total. The molecule has 0 radical (unpaired) electrons. The van der Waals surface area contributed by atoms with Crippen LogP contribution in [0.25, 0.3) is 10.9 Å². The number of aromatic hydroxyl groups is 1.